The molecule has 1 aromatic rings. The molecule has 100 valence electrons. The van der Waals surface area contributed by atoms with Crippen LogP contribution in [-0.4, -0.2) is 12.2 Å². The van der Waals surface area contributed by atoms with Crippen LogP contribution in [0.15, 0.2) is 35.3 Å². The molecule has 0 amide bonds. The minimum absolute atomic E-state index is 0.152. The van der Waals surface area contributed by atoms with Gasteiger partial charge in [0, 0.05) is 10.2 Å². The summed E-state index contributed by atoms with van der Waals surface area (Å²) >= 11 is 3.47. The van der Waals surface area contributed by atoms with Gasteiger partial charge in [-0.3, -0.25) is 4.79 Å². The molecule has 3 nitrogen and oxygen atoms in total. The number of carbonyl (C=O) groups is 1. The molecule has 19 heavy (non-hydrogen) atoms. The first-order chi connectivity index (χ1) is 8.90. The lowest BCUT2D eigenvalue weighted by Gasteiger charge is -2.40. The fourth-order valence-corrected chi connectivity index (χ4v) is 3.61. The molecule has 1 fully saturated rings. The zero-order chi connectivity index (χ0) is 13.8. The fourth-order valence-electron chi connectivity index (χ4n) is 3.24. The van der Waals surface area contributed by atoms with Gasteiger partial charge in [-0.15, -0.1) is 6.58 Å². The van der Waals surface area contributed by atoms with Crippen LogP contribution in [0.5, 0.6) is 0 Å². The standard InChI is InChI=1S/C15H16BrNO2/c1-4-14(2,3)15-8-12(18)19-13(15)17-11-7-9(16)5-6-10(11)15/h4-7,13,17H,1,8H2,2-3H3/t13-,15+/m0/s1. The largest absolute Gasteiger partial charge is 0.441 e. The van der Waals surface area contributed by atoms with Gasteiger partial charge in [0.1, 0.15) is 0 Å². The first-order valence-corrected chi connectivity index (χ1v) is 7.10. The van der Waals surface area contributed by atoms with Gasteiger partial charge in [-0.25, -0.2) is 0 Å². The van der Waals surface area contributed by atoms with E-state index in [0.717, 1.165) is 15.7 Å². The number of halogens is 1. The van der Waals surface area contributed by atoms with Crippen molar-refractivity contribution in [2.45, 2.75) is 31.9 Å². The molecule has 0 unspecified atom stereocenters. The van der Waals surface area contributed by atoms with Crippen molar-refractivity contribution in [1.82, 2.24) is 0 Å². The van der Waals surface area contributed by atoms with Crippen LogP contribution < -0.4 is 5.32 Å². The second-order valence-electron chi connectivity index (χ2n) is 5.78. The highest BCUT2D eigenvalue weighted by atomic mass is 79.9. The predicted molar refractivity (Wildman–Crippen MR) is 77.9 cm³/mol. The lowest BCUT2D eigenvalue weighted by Crippen LogP contribution is -2.46. The molecule has 2 atom stereocenters. The molecular formula is C15H16BrNO2. The molecule has 0 aromatic heterocycles. The highest BCUT2D eigenvalue weighted by Crippen LogP contribution is 2.58. The Balaban J connectivity index is 2.24. The Morgan fingerprint density at radius 2 is 2.32 bits per heavy atom. The summed E-state index contributed by atoms with van der Waals surface area (Å²) in [5, 5.41) is 3.33. The highest BCUT2D eigenvalue weighted by molar-refractivity contribution is 9.10. The Morgan fingerprint density at radius 3 is 3.00 bits per heavy atom. The smallest absolute Gasteiger partial charge is 0.308 e. The van der Waals surface area contributed by atoms with E-state index in [1.54, 1.807) is 0 Å². The van der Waals surface area contributed by atoms with Gasteiger partial charge in [-0.2, -0.15) is 0 Å². The minimum Gasteiger partial charge on any atom is -0.441 e. The van der Waals surface area contributed by atoms with Crippen molar-refractivity contribution < 1.29 is 9.53 Å². The van der Waals surface area contributed by atoms with Crippen molar-refractivity contribution in [3.63, 3.8) is 0 Å². The Hall–Kier alpha value is -1.29. The van der Waals surface area contributed by atoms with E-state index in [4.69, 9.17) is 4.74 Å². The topological polar surface area (TPSA) is 38.3 Å². The Morgan fingerprint density at radius 1 is 1.58 bits per heavy atom. The van der Waals surface area contributed by atoms with Gasteiger partial charge in [-0.05, 0) is 23.1 Å². The number of anilines is 1. The summed E-state index contributed by atoms with van der Waals surface area (Å²) in [6.07, 6.45) is 2.00. The number of nitrogens with one attached hydrogen (secondary N) is 1. The number of hydrogen-bond acceptors (Lipinski definition) is 3. The monoisotopic (exact) mass is 321 g/mol. The first-order valence-electron chi connectivity index (χ1n) is 6.30. The quantitative estimate of drug-likeness (QED) is 0.668. The fraction of sp³-hybridized carbons (Fsp3) is 0.400. The third kappa shape index (κ3) is 1.52. The van der Waals surface area contributed by atoms with Gasteiger partial charge < -0.3 is 10.1 Å². The van der Waals surface area contributed by atoms with E-state index in [-0.39, 0.29) is 23.0 Å². The second-order valence-corrected chi connectivity index (χ2v) is 6.69. The summed E-state index contributed by atoms with van der Waals surface area (Å²) in [6.45, 7) is 8.15. The summed E-state index contributed by atoms with van der Waals surface area (Å²) in [5.41, 5.74) is 1.55. The van der Waals surface area contributed by atoms with Gasteiger partial charge in [0.2, 0.25) is 0 Å². The molecule has 2 aliphatic heterocycles. The average Bonchev–Trinajstić information content (AvgIpc) is 2.81. The van der Waals surface area contributed by atoms with E-state index in [9.17, 15) is 4.79 Å². The van der Waals surface area contributed by atoms with Crippen LogP contribution in [0.4, 0.5) is 5.69 Å². The van der Waals surface area contributed by atoms with Crippen LogP contribution in [0.2, 0.25) is 0 Å². The maximum atomic E-state index is 11.8. The summed E-state index contributed by atoms with van der Waals surface area (Å²) in [7, 11) is 0. The van der Waals surface area contributed by atoms with Crippen molar-refractivity contribution in [3.8, 4) is 0 Å². The molecule has 4 heteroatoms. The molecule has 1 saturated heterocycles. The van der Waals surface area contributed by atoms with E-state index in [0.29, 0.717) is 6.42 Å². The van der Waals surface area contributed by atoms with Crippen LogP contribution in [0.1, 0.15) is 25.8 Å². The summed E-state index contributed by atoms with van der Waals surface area (Å²) < 4.78 is 6.50. The molecule has 0 saturated carbocycles. The second kappa shape index (κ2) is 3.85. The molecule has 1 aromatic carbocycles. The van der Waals surface area contributed by atoms with Crippen molar-refractivity contribution in [1.29, 1.82) is 0 Å². The number of benzene rings is 1. The van der Waals surface area contributed by atoms with Crippen LogP contribution in [0, 0.1) is 5.41 Å². The molecule has 0 spiro atoms. The maximum Gasteiger partial charge on any atom is 0.308 e. The SMILES string of the molecule is C=CC(C)(C)[C@@]12CC(=O)O[C@@H]1Nc1cc(Br)ccc12. The summed E-state index contributed by atoms with van der Waals surface area (Å²) in [5.74, 6) is -0.152. The van der Waals surface area contributed by atoms with Gasteiger partial charge in [0.15, 0.2) is 6.23 Å². The van der Waals surface area contributed by atoms with Crippen LogP contribution >= 0.6 is 15.9 Å². The van der Waals surface area contributed by atoms with Crippen LogP contribution in [0.3, 0.4) is 0 Å². The van der Waals surface area contributed by atoms with E-state index in [1.165, 1.54) is 0 Å². The van der Waals surface area contributed by atoms with Crippen molar-refractivity contribution in [3.05, 3.63) is 40.9 Å². The molecule has 2 aliphatic rings. The third-order valence-corrected chi connectivity index (χ3v) is 5.02. The minimum atomic E-state index is -0.373. The van der Waals surface area contributed by atoms with E-state index < -0.39 is 0 Å². The maximum absolute atomic E-state index is 11.8. The number of ether oxygens (including phenoxy) is 1. The summed E-state index contributed by atoms with van der Waals surface area (Å²) in [6, 6.07) is 6.11. The first kappa shape index (κ1) is 12.7. The Kier molecular flexibility index (Phi) is 2.58. The van der Waals surface area contributed by atoms with E-state index in [2.05, 4.69) is 47.7 Å². The molecule has 0 radical (unpaired) electrons. The zero-order valence-electron chi connectivity index (χ0n) is 11.0. The number of fused-ring (bicyclic) bond motifs is 3. The van der Waals surface area contributed by atoms with Crippen LogP contribution in [-0.2, 0) is 14.9 Å². The molecule has 2 heterocycles. The number of rotatable bonds is 2. The molecule has 0 bridgehead atoms. The van der Waals surface area contributed by atoms with Gasteiger partial charge in [0.05, 0.1) is 11.8 Å². The van der Waals surface area contributed by atoms with Gasteiger partial charge in [0.25, 0.3) is 0 Å². The number of allylic oxidation sites excluding steroid dienone is 1. The molecule has 3 rings (SSSR count). The van der Waals surface area contributed by atoms with E-state index in [1.807, 2.05) is 18.2 Å². The average molecular weight is 322 g/mol. The number of hydrogen-bond donors (Lipinski definition) is 1. The molecular weight excluding hydrogens is 306 g/mol. The van der Waals surface area contributed by atoms with Crippen molar-refractivity contribution in [2.24, 2.45) is 5.41 Å². The molecule has 1 N–H and O–H groups in total. The van der Waals surface area contributed by atoms with Crippen molar-refractivity contribution in [2.75, 3.05) is 5.32 Å². The van der Waals surface area contributed by atoms with Crippen LogP contribution in [0.25, 0.3) is 0 Å². The molecule has 0 aliphatic carbocycles. The summed E-state index contributed by atoms with van der Waals surface area (Å²) in [4.78, 5) is 11.8. The number of esters is 1. The van der Waals surface area contributed by atoms with E-state index >= 15 is 0 Å². The predicted octanol–water partition coefficient (Wildman–Crippen LogP) is 3.60. The highest BCUT2D eigenvalue weighted by Gasteiger charge is 2.62. The lowest BCUT2D eigenvalue weighted by atomic mass is 9.61. The number of carbonyl (C=O) groups excluding carboxylic acids is 1. The van der Waals surface area contributed by atoms with Gasteiger partial charge >= 0.3 is 5.97 Å². The zero-order valence-corrected chi connectivity index (χ0v) is 12.6. The Labute approximate surface area is 121 Å². The Bertz CT molecular complexity index is 582. The van der Waals surface area contributed by atoms with Crippen molar-refractivity contribution >= 4 is 27.6 Å². The van der Waals surface area contributed by atoms with Gasteiger partial charge in [-0.1, -0.05) is 41.9 Å². The third-order valence-electron chi connectivity index (χ3n) is 4.53. The normalized spacial score (nSPS) is 28.4. The lowest BCUT2D eigenvalue weighted by molar-refractivity contribution is -0.140.